The number of piperidine rings is 1. The molecule has 2 aliphatic rings. The van der Waals surface area contributed by atoms with Gasteiger partial charge in [-0.3, -0.25) is 4.79 Å². The number of carbonyl (C=O) groups excluding carboxylic acids is 1. The Kier molecular flexibility index (Phi) is 3.55. The van der Waals surface area contributed by atoms with Gasteiger partial charge in [-0.05, 0) is 60.3 Å². The van der Waals surface area contributed by atoms with Crippen molar-refractivity contribution < 1.29 is 4.79 Å². The molecular weight excluding hydrogens is 284 g/mol. The molecule has 3 nitrogen and oxygen atoms in total. The van der Waals surface area contributed by atoms with Crippen molar-refractivity contribution in [2.24, 2.45) is 5.92 Å². The van der Waals surface area contributed by atoms with Gasteiger partial charge in [0.2, 0.25) is 0 Å². The van der Waals surface area contributed by atoms with Gasteiger partial charge in [-0.1, -0.05) is 18.1 Å². The number of terminal acetylenes is 1. The van der Waals surface area contributed by atoms with Crippen molar-refractivity contribution in [2.45, 2.75) is 18.9 Å². The fraction of sp³-hybridized carbons (Fsp3) is 0.350. The van der Waals surface area contributed by atoms with Crippen LogP contribution in [0.5, 0.6) is 0 Å². The van der Waals surface area contributed by atoms with Gasteiger partial charge in [0.15, 0.2) is 0 Å². The number of amides is 1. The molecule has 3 atom stereocenters. The van der Waals surface area contributed by atoms with Crippen LogP contribution >= 0.6 is 0 Å². The first-order valence-electron chi connectivity index (χ1n) is 8.25. The largest absolute Gasteiger partial charge is 0.348 e. The zero-order valence-electron chi connectivity index (χ0n) is 13.1. The van der Waals surface area contributed by atoms with Crippen molar-refractivity contribution in [3.8, 4) is 12.3 Å². The van der Waals surface area contributed by atoms with Crippen LogP contribution in [0.1, 0.15) is 28.8 Å². The first kappa shape index (κ1) is 14.3. The molecule has 0 saturated carbocycles. The molecule has 3 heteroatoms. The zero-order chi connectivity index (χ0) is 15.8. The first-order chi connectivity index (χ1) is 11.2. The van der Waals surface area contributed by atoms with Gasteiger partial charge in [-0.25, -0.2) is 0 Å². The van der Waals surface area contributed by atoms with Gasteiger partial charge in [0, 0.05) is 30.3 Å². The van der Waals surface area contributed by atoms with Crippen LogP contribution in [0.2, 0.25) is 0 Å². The third-order valence-corrected chi connectivity index (χ3v) is 5.07. The van der Waals surface area contributed by atoms with Gasteiger partial charge in [-0.2, -0.15) is 0 Å². The minimum Gasteiger partial charge on any atom is -0.348 e. The van der Waals surface area contributed by atoms with Crippen LogP contribution in [0.15, 0.2) is 36.4 Å². The Morgan fingerprint density at radius 3 is 2.87 bits per heavy atom. The van der Waals surface area contributed by atoms with Crippen molar-refractivity contribution in [1.29, 1.82) is 0 Å². The number of nitrogens with one attached hydrogen (secondary N) is 1. The number of nitrogens with zero attached hydrogens (tertiary/aromatic N) is 1. The normalized spacial score (nSPS) is 26.0. The third kappa shape index (κ3) is 2.83. The maximum absolute atomic E-state index is 12.6. The summed E-state index contributed by atoms with van der Waals surface area (Å²) in [6, 6.07) is 12.0. The van der Waals surface area contributed by atoms with E-state index in [-0.39, 0.29) is 11.9 Å². The Bertz CT molecular complexity index is 793. The molecule has 116 valence electrons. The Labute approximate surface area is 136 Å². The molecule has 1 amide bonds. The smallest absolute Gasteiger partial charge is 0.251 e. The molecule has 2 aromatic carbocycles. The highest BCUT2D eigenvalue weighted by Gasteiger charge is 2.32. The van der Waals surface area contributed by atoms with Gasteiger partial charge >= 0.3 is 0 Å². The van der Waals surface area contributed by atoms with E-state index in [1.165, 1.54) is 19.5 Å². The number of hydrogen-bond donors (Lipinski definition) is 1. The van der Waals surface area contributed by atoms with Crippen LogP contribution in [-0.4, -0.2) is 36.5 Å². The highest BCUT2D eigenvalue weighted by atomic mass is 16.1. The Hall–Kier alpha value is -2.31. The molecule has 3 unspecified atom stereocenters. The summed E-state index contributed by atoms with van der Waals surface area (Å²) < 4.78 is 0. The highest BCUT2D eigenvalue weighted by Crippen LogP contribution is 2.27. The van der Waals surface area contributed by atoms with Crippen LogP contribution in [0.4, 0.5) is 0 Å². The quantitative estimate of drug-likeness (QED) is 0.865. The van der Waals surface area contributed by atoms with Gasteiger partial charge in [0.25, 0.3) is 5.91 Å². The molecule has 23 heavy (non-hydrogen) atoms. The lowest BCUT2D eigenvalue weighted by Crippen LogP contribution is -2.47. The second-order valence-corrected chi connectivity index (χ2v) is 6.74. The average molecular weight is 304 g/mol. The van der Waals surface area contributed by atoms with Gasteiger partial charge < -0.3 is 10.2 Å². The fourth-order valence-corrected chi connectivity index (χ4v) is 3.91. The maximum Gasteiger partial charge on any atom is 0.251 e. The van der Waals surface area contributed by atoms with E-state index >= 15 is 0 Å². The van der Waals surface area contributed by atoms with E-state index < -0.39 is 0 Å². The molecule has 0 radical (unpaired) electrons. The summed E-state index contributed by atoms with van der Waals surface area (Å²) in [6.07, 6.45) is 7.84. The van der Waals surface area contributed by atoms with Crippen LogP contribution in [0, 0.1) is 18.3 Å². The molecule has 2 heterocycles. The summed E-state index contributed by atoms with van der Waals surface area (Å²) in [7, 11) is 0. The SMILES string of the molecule is C#Cc1ccc2ccc(C(=O)NC3CC4CCN(C4)C3)cc2c1. The molecular formula is C20H20N2O. The fourth-order valence-electron chi connectivity index (χ4n) is 3.91. The third-order valence-electron chi connectivity index (χ3n) is 5.07. The maximum atomic E-state index is 12.6. The van der Waals surface area contributed by atoms with Crippen LogP contribution in [0.3, 0.4) is 0 Å². The first-order valence-corrected chi connectivity index (χ1v) is 8.25. The average Bonchev–Trinajstić information content (AvgIpc) is 2.92. The summed E-state index contributed by atoms with van der Waals surface area (Å²) in [4.78, 5) is 15.0. The van der Waals surface area contributed by atoms with E-state index in [9.17, 15) is 4.79 Å². The van der Waals surface area contributed by atoms with Crippen molar-refractivity contribution in [2.75, 3.05) is 19.6 Å². The van der Waals surface area contributed by atoms with Crippen LogP contribution in [-0.2, 0) is 0 Å². The molecule has 0 spiro atoms. The van der Waals surface area contributed by atoms with Gasteiger partial charge in [0.1, 0.15) is 0 Å². The summed E-state index contributed by atoms with van der Waals surface area (Å²) in [5.74, 6) is 3.42. The second kappa shape index (κ2) is 5.72. The van der Waals surface area contributed by atoms with E-state index in [0.29, 0.717) is 5.56 Å². The molecule has 2 saturated heterocycles. The van der Waals surface area contributed by atoms with Crippen molar-refractivity contribution in [3.63, 3.8) is 0 Å². The molecule has 2 bridgehead atoms. The molecule has 4 rings (SSSR count). The molecule has 2 aliphatic heterocycles. The molecule has 1 N–H and O–H groups in total. The van der Waals surface area contributed by atoms with Gasteiger partial charge in [0.05, 0.1) is 0 Å². The Morgan fingerprint density at radius 1 is 1.17 bits per heavy atom. The number of fused-ring (bicyclic) bond motifs is 3. The minimum absolute atomic E-state index is 0.0190. The summed E-state index contributed by atoms with van der Waals surface area (Å²) in [6.45, 7) is 3.37. The predicted octanol–water partition coefficient (Wildman–Crippen LogP) is 2.65. The highest BCUT2D eigenvalue weighted by molar-refractivity contribution is 5.99. The van der Waals surface area contributed by atoms with E-state index in [1.54, 1.807) is 0 Å². The van der Waals surface area contributed by atoms with E-state index in [1.807, 2.05) is 36.4 Å². The monoisotopic (exact) mass is 304 g/mol. The Morgan fingerprint density at radius 2 is 2.04 bits per heavy atom. The van der Waals surface area contributed by atoms with Crippen LogP contribution in [0.25, 0.3) is 10.8 Å². The molecule has 0 aliphatic carbocycles. The summed E-state index contributed by atoms with van der Waals surface area (Å²) in [5, 5.41) is 5.32. The molecule has 2 fully saturated rings. The minimum atomic E-state index is 0.0190. The summed E-state index contributed by atoms with van der Waals surface area (Å²) in [5.41, 5.74) is 1.55. The topological polar surface area (TPSA) is 32.3 Å². The number of rotatable bonds is 2. The lowest BCUT2D eigenvalue weighted by atomic mass is 9.96. The Balaban J connectivity index is 1.53. The van der Waals surface area contributed by atoms with E-state index in [4.69, 9.17) is 6.42 Å². The van der Waals surface area contributed by atoms with Crippen molar-refractivity contribution in [1.82, 2.24) is 10.2 Å². The van der Waals surface area contributed by atoms with Gasteiger partial charge in [-0.15, -0.1) is 6.42 Å². The lowest BCUT2D eigenvalue weighted by Gasteiger charge is -2.30. The number of hydrogen-bond acceptors (Lipinski definition) is 2. The second-order valence-electron chi connectivity index (χ2n) is 6.74. The van der Waals surface area contributed by atoms with Crippen molar-refractivity contribution in [3.05, 3.63) is 47.5 Å². The molecule has 2 aromatic rings. The number of benzene rings is 2. The van der Waals surface area contributed by atoms with Crippen LogP contribution < -0.4 is 5.32 Å². The predicted molar refractivity (Wildman–Crippen MR) is 92.3 cm³/mol. The van der Waals surface area contributed by atoms with E-state index in [0.717, 1.165) is 35.2 Å². The summed E-state index contributed by atoms with van der Waals surface area (Å²) >= 11 is 0. The van der Waals surface area contributed by atoms with E-state index in [2.05, 4.69) is 16.1 Å². The zero-order valence-corrected chi connectivity index (χ0v) is 13.1. The lowest BCUT2D eigenvalue weighted by molar-refractivity contribution is 0.0909. The number of carbonyl (C=O) groups is 1. The van der Waals surface area contributed by atoms with Crippen molar-refractivity contribution >= 4 is 16.7 Å². The standard InChI is InChI=1S/C20H20N2O/c1-2-14-3-4-16-5-6-17(11-18(16)9-14)20(23)21-19-10-15-7-8-22(12-15)13-19/h1,3-6,9,11,15,19H,7-8,10,12-13H2,(H,21,23). The molecule has 0 aromatic heterocycles.